The lowest BCUT2D eigenvalue weighted by Gasteiger charge is -2.38. The first-order chi connectivity index (χ1) is 9.20. The average molecular weight is 259 g/mol. The molecular formula is C13H17N5O. The summed E-state index contributed by atoms with van der Waals surface area (Å²) in [4.78, 5) is 11.4. The minimum Gasteiger partial charge on any atom is -0.388 e. The summed E-state index contributed by atoms with van der Waals surface area (Å²) >= 11 is 0. The van der Waals surface area contributed by atoms with Gasteiger partial charge in [-0.2, -0.15) is 0 Å². The zero-order valence-electron chi connectivity index (χ0n) is 10.9. The average Bonchev–Trinajstić information content (AvgIpc) is 2.79. The number of imidazole rings is 1. The van der Waals surface area contributed by atoms with Crippen molar-refractivity contribution in [3.05, 3.63) is 11.5 Å². The Morgan fingerprint density at radius 2 is 2.26 bits per heavy atom. The molecular weight excluding hydrogens is 242 g/mol. The van der Waals surface area contributed by atoms with Crippen molar-refractivity contribution in [3.63, 3.8) is 0 Å². The number of aromatic nitrogens is 3. The van der Waals surface area contributed by atoms with Crippen LogP contribution in [0.2, 0.25) is 0 Å². The van der Waals surface area contributed by atoms with Crippen LogP contribution in [-0.4, -0.2) is 32.7 Å². The molecule has 100 valence electrons. The minimum absolute atomic E-state index is 0.0623. The highest BCUT2D eigenvalue weighted by Crippen LogP contribution is 2.41. The molecule has 0 amide bonds. The third-order valence-corrected chi connectivity index (χ3v) is 4.20. The Morgan fingerprint density at radius 3 is 3.05 bits per heavy atom. The van der Waals surface area contributed by atoms with Crippen LogP contribution < -0.4 is 10.6 Å². The fourth-order valence-corrected chi connectivity index (χ4v) is 3.50. The summed E-state index contributed by atoms with van der Waals surface area (Å²) in [5.74, 6) is 1.17. The zero-order valence-corrected chi connectivity index (χ0v) is 10.9. The van der Waals surface area contributed by atoms with Crippen LogP contribution in [0, 0.1) is 0 Å². The Morgan fingerprint density at radius 1 is 1.42 bits per heavy atom. The number of aliphatic hydroxyl groups excluding tert-OH is 1. The van der Waals surface area contributed by atoms with E-state index in [1.807, 2.05) is 0 Å². The molecule has 6 heteroatoms. The fraction of sp³-hybridized carbons (Fsp3) is 0.538. The molecule has 6 nitrogen and oxygen atoms in total. The van der Waals surface area contributed by atoms with Gasteiger partial charge in [-0.3, -0.25) is 0 Å². The summed E-state index contributed by atoms with van der Waals surface area (Å²) in [5, 5.41) is 9.52. The van der Waals surface area contributed by atoms with Crippen LogP contribution >= 0.6 is 0 Å². The van der Waals surface area contributed by atoms with Crippen molar-refractivity contribution in [1.82, 2.24) is 14.5 Å². The SMILES string of the molecule is C[C@H]1CN2CCCc3nc(N)c4nc(CO)n1c4c32. The highest BCUT2D eigenvalue weighted by molar-refractivity contribution is 5.97. The van der Waals surface area contributed by atoms with E-state index in [1.165, 1.54) is 5.69 Å². The third kappa shape index (κ3) is 1.29. The van der Waals surface area contributed by atoms with Gasteiger partial charge in [0.15, 0.2) is 5.82 Å². The molecule has 0 bridgehead atoms. The van der Waals surface area contributed by atoms with Gasteiger partial charge in [-0.15, -0.1) is 0 Å². The Kier molecular flexibility index (Phi) is 2.09. The topological polar surface area (TPSA) is 80.2 Å². The van der Waals surface area contributed by atoms with Gasteiger partial charge in [0.05, 0.1) is 22.9 Å². The number of pyridine rings is 1. The van der Waals surface area contributed by atoms with Crippen molar-refractivity contribution in [2.24, 2.45) is 0 Å². The molecule has 4 heterocycles. The van der Waals surface area contributed by atoms with Crippen LogP contribution in [0.4, 0.5) is 11.5 Å². The van der Waals surface area contributed by atoms with Crippen LogP contribution in [0.3, 0.4) is 0 Å². The Hall–Kier alpha value is -1.82. The lowest BCUT2D eigenvalue weighted by molar-refractivity contribution is 0.262. The van der Waals surface area contributed by atoms with Crippen LogP contribution in [0.1, 0.15) is 30.9 Å². The molecule has 2 aromatic rings. The zero-order chi connectivity index (χ0) is 13.1. The van der Waals surface area contributed by atoms with Gasteiger partial charge in [0.25, 0.3) is 0 Å². The summed E-state index contributed by atoms with van der Waals surface area (Å²) in [6.07, 6.45) is 2.10. The molecule has 2 aliphatic heterocycles. The molecule has 0 fully saturated rings. The van der Waals surface area contributed by atoms with Gasteiger partial charge < -0.3 is 20.3 Å². The van der Waals surface area contributed by atoms with E-state index >= 15 is 0 Å². The summed E-state index contributed by atoms with van der Waals surface area (Å²) in [6.45, 7) is 4.11. The first kappa shape index (κ1) is 11.0. The molecule has 0 spiro atoms. The van der Waals surface area contributed by atoms with Gasteiger partial charge >= 0.3 is 0 Å². The standard InChI is InChI=1S/C13H17N5O/c1-7-5-17-4-2-3-8-11(17)12-10(13(14)15-8)16-9(6-19)18(7)12/h7,19H,2-6H2,1H3,(H2,14,15)/t7-/m0/s1. The first-order valence-corrected chi connectivity index (χ1v) is 6.75. The van der Waals surface area contributed by atoms with E-state index < -0.39 is 0 Å². The molecule has 2 aliphatic rings. The Bertz CT molecular complexity index is 677. The molecule has 0 saturated carbocycles. The number of nitrogens with two attached hydrogens (primary N) is 1. The number of aliphatic hydroxyl groups is 1. The molecule has 3 N–H and O–H groups in total. The quantitative estimate of drug-likeness (QED) is 0.793. The van der Waals surface area contributed by atoms with Crippen LogP contribution in [-0.2, 0) is 13.0 Å². The van der Waals surface area contributed by atoms with Crippen LogP contribution in [0.25, 0.3) is 11.0 Å². The van der Waals surface area contributed by atoms with E-state index in [-0.39, 0.29) is 6.61 Å². The maximum absolute atomic E-state index is 9.52. The largest absolute Gasteiger partial charge is 0.388 e. The Labute approximate surface area is 110 Å². The van der Waals surface area contributed by atoms with E-state index in [0.717, 1.165) is 42.7 Å². The van der Waals surface area contributed by atoms with Crippen molar-refractivity contribution in [3.8, 4) is 0 Å². The van der Waals surface area contributed by atoms with Crippen molar-refractivity contribution in [1.29, 1.82) is 0 Å². The van der Waals surface area contributed by atoms with Crippen molar-refractivity contribution < 1.29 is 5.11 Å². The second-order valence-electron chi connectivity index (χ2n) is 5.44. The van der Waals surface area contributed by atoms with Gasteiger partial charge in [0, 0.05) is 13.1 Å². The smallest absolute Gasteiger partial charge is 0.152 e. The van der Waals surface area contributed by atoms with Crippen LogP contribution in [0.15, 0.2) is 0 Å². The van der Waals surface area contributed by atoms with E-state index in [4.69, 9.17) is 5.73 Å². The highest BCUT2D eigenvalue weighted by atomic mass is 16.3. The fourth-order valence-electron chi connectivity index (χ4n) is 3.50. The molecule has 4 rings (SSSR count). The first-order valence-electron chi connectivity index (χ1n) is 6.75. The monoisotopic (exact) mass is 259 g/mol. The number of nitrogen functional groups attached to an aromatic ring is 1. The lowest BCUT2D eigenvalue weighted by atomic mass is 10.0. The summed E-state index contributed by atoms with van der Waals surface area (Å²) < 4.78 is 2.13. The van der Waals surface area contributed by atoms with Crippen molar-refractivity contribution >= 4 is 22.5 Å². The van der Waals surface area contributed by atoms with E-state index in [9.17, 15) is 5.11 Å². The van der Waals surface area contributed by atoms with Crippen molar-refractivity contribution in [2.45, 2.75) is 32.4 Å². The molecule has 19 heavy (non-hydrogen) atoms. The van der Waals surface area contributed by atoms with Gasteiger partial charge in [-0.1, -0.05) is 0 Å². The molecule has 2 aromatic heterocycles. The number of hydrogen-bond acceptors (Lipinski definition) is 5. The molecule has 0 aromatic carbocycles. The predicted octanol–water partition coefficient (Wildman–Crippen LogP) is 0.833. The maximum Gasteiger partial charge on any atom is 0.152 e. The normalized spacial score (nSPS) is 21.2. The van der Waals surface area contributed by atoms with E-state index in [2.05, 4.69) is 26.4 Å². The third-order valence-electron chi connectivity index (χ3n) is 4.20. The second-order valence-corrected chi connectivity index (χ2v) is 5.44. The summed E-state index contributed by atoms with van der Waals surface area (Å²) in [7, 11) is 0. The molecule has 0 unspecified atom stereocenters. The number of hydrogen-bond donors (Lipinski definition) is 2. The second kappa shape index (κ2) is 3.60. The molecule has 1 atom stereocenters. The summed E-state index contributed by atoms with van der Waals surface area (Å²) in [6, 6.07) is 0.299. The van der Waals surface area contributed by atoms with Gasteiger partial charge in [-0.25, -0.2) is 9.97 Å². The maximum atomic E-state index is 9.52. The number of aryl methyl sites for hydroxylation is 1. The highest BCUT2D eigenvalue weighted by Gasteiger charge is 2.32. The number of nitrogens with zero attached hydrogens (tertiary/aromatic N) is 4. The molecule has 0 aliphatic carbocycles. The lowest BCUT2D eigenvalue weighted by Crippen LogP contribution is -2.38. The molecule has 0 radical (unpaired) electrons. The van der Waals surface area contributed by atoms with E-state index in [0.29, 0.717) is 17.7 Å². The minimum atomic E-state index is -0.0623. The molecule has 0 saturated heterocycles. The van der Waals surface area contributed by atoms with Crippen molar-refractivity contribution in [2.75, 3.05) is 23.7 Å². The Balaban J connectivity index is 2.17. The summed E-state index contributed by atoms with van der Waals surface area (Å²) in [5.41, 5.74) is 10.1. The van der Waals surface area contributed by atoms with Gasteiger partial charge in [0.1, 0.15) is 17.9 Å². The van der Waals surface area contributed by atoms with E-state index in [1.54, 1.807) is 0 Å². The van der Waals surface area contributed by atoms with Gasteiger partial charge in [0.2, 0.25) is 0 Å². The predicted molar refractivity (Wildman–Crippen MR) is 73.1 cm³/mol. The van der Waals surface area contributed by atoms with Gasteiger partial charge in [-0.05, 0) is 19.8 Å². The van der Waals surface area contributed by atoms with Crippen LogP contribution in [0.5, 0.6) is 0 Å². The number of rotatable bonds is 1. The number of anilines is 2.